The molecule has 4 heteroatoms. The van der Waals surface area contributed by atoms with E-state index in [2.05, 4.69) is 15.9 Å². The van der Waals surface area contributed by atoms with E-state index < -0.39 is 11.5 Å². The van der Waals surface area contributed by atoms with E-state index in [1.165, 1.54) is 0 Å². The van der Waals surface area contributed by atoms with E-state index in [0.29, 0.717) is 5.56 Å². The van der Waals surface area contributed by atoms with Crippen LogP contribution < -0.4 is 5.73 Å². The molecular formula is C12H18BrNO2. The van der Waals surface area contributed by atoms with Crippen molar-refractivity contribution >= 4 is 15.9 Å². The molecule has 3 nitrogen and oxygen atoms in total. The lowest BCUT2D eigenvalue weighted by Gasteiger charge is -2.30. The van der Waals surface area contributed by atoms with Gasteiger partial charge < -0.3 is 15.9 Å². The van der Waals surface area contributed by atoms with Gasteiger partial charge in [0, 0.05) is 28.1 Å². The third-order valence-electron chi connectivity index (χ3n) is 2.88. The first-order valence-corrected chi connectivity index (χ1v) is 5.94. The van der Waals surface area contributed by atoms with Crippen LogP contribution in [0.1, 0.15) is 31.0 Å². The molecule has 0 fully saturated rings. The number of aryl methyl sites for hydroxylation is 1. The lowest BCUT2D eigenvalue weighted by molar-refractivity contribution is 0.131. The predicted octanol–water partition coefficient (Wildman–Crippen LogP) is 2.48. The Balaban J connectivity index is 3.23. The second kappa shape index (κ2) is 4.73. The summed E-state index contributed by atoms with van der Waals surface area (Å²) in [6.07, 6.45) is 0. The molecule has 1 rings (SSSR count). The second-order valence-corrected chi connectivity index (χ2v) is 5.70. The van der Waals surface area contributed by atoms with E-state index in [9.17, 15) is 10.2 Å². The maximum atomic E-state index is 9.97. The van der Waals surface area contributed by atoms with Crippen LogP contribution in [0.3, 0.4) is 0 Å². The Morgan fingerprint density at radius 3 is 2.50 bits per heavy atom. The van der Waals surface area contributed by atoms with Crippen LogP contribution in [0, 0.1) is 12.3 Å². The van der Waals surface area contributed by atoms with Crippen molar-refractivity contribution in [1.29, 1.82) is 0 Å². The van der Waals surface area contributed by atoms with E-state index in [-0.39, 0.29) is 12.4 Å². The molecule has 0 saturated heterocycles. The predicted molar refractivity (Wildman–Crippen MR) is 68.3 cm³/mol. The SMILES string of the molecule is Cc1cc(Br)cc([C@@H](N)C(C)(C)CO)c1O. The highest BCUT2D eigenvalue weighted by molar-refractivity contribution is 9.10. The fraction of sp³-hybridized carbons (Fsp3) is 0.500. The number of phenols is 1. The lowest BCUT2D eigenvalue weighted by atomic mass is 9.81. The van der Waals surface area contributed by atoms with E-state index >= 15 is 0 Å². The van der Waals surface area contributed by atoms with Crippen LogP contribution in [0.25, 0.3) is 0 Å². The number of rotatable bonds is 3. The molecule has 0 bridgehead atoms. The normalized spacial score (nSPS) is 13.9. The zero-order chi connectivity index (χ0) is 12.5. The average molecular weight is 288 g/mol. The molecule has 0 aliphatic rings. The van der Waals surface area contributed by atoms with Gasteiger partial charge in [0.25, 0.3) is 0 Å². The number of aliphatic hydroxyl groups excluding tert-OH is 1. The molecule has 90 valence electrons. The number of benzene rings is 1. The third-order valence-corrected chi connectivity index (χ3v) is 3.34. The molecule has 16 heavy (non-hydrogen) atoms. The number of aromatic hydroxyl groups is 1. The molecule has 4 N–H and O–H groups in total. The summed E-state index contributed by atoms with van der Waals surface area (Å²) in [6, 6.07) is 3.22. The van der Waals surface area contributed by atoms with Gasteiger partial charge in [-0.2, -0.15) is 0 Å². The molecule has 1 atom stereocenters. The van der Waals surface area contributed by atoms with Crippen molar-refractivity contribution in [3.63, 3.8) is 0 Å². The van der Waals surface area contributed by atoms with Crippen molar-refractivity contribution < 1.29 is 10.2 Å². The molecule has 1 aromatic rings. The molecule has 0 unspecified atom stereocenters. The fourth-order valence-corrected chi connectivity index (χ4v) is 2.11. The Kier molecular flexibility index (Phi) is 3.99. The third kappa shape index (κ3) is 2.56. The van der Waals surface area contributed by atoms with Gasteiger partial charge in [-0.1, -0.05) is 29.8 Å². The highest BCUT2D eigenvalue weighted by Crippen LogP contribution is 2.38. The summed E-state index contributed by atoms with van der Waals surface area (Å²) in [4.78, 5) is 0. The minimum Gasteiger partial charge on any atom is -0.507 e. The molecular weight excluding hydrogens is 270 g/mol. The number of nitrogens with two attached hydrogens (primary N) is 1. The molecule has 1 aromatic carbocycles. The number of aliphatic hydroxyl groups is 1. The van der Waals surface area contributed by atoms with Gasteiger partial charge in [-0.3, -0.25) is 0 Å². The Morgan fingerprint density at radius 2 is 2.00 bits per heavy atom. The summed E-state index contributed by atoms with van der Waals surface area (Å²) < 4.78 is 0.877. The van der Waals surface area contributed by atoms with Crippen LogP contribution in [0.15, 0.2) is 16.6 Å². The molecule has 0 heterocycles. The Hall–Kier alpha value is -0.580. The summed E-state index contributed by atoms with van der Waals surface area (Å²) >= 11 is 3.37. The van der Waals surface area contributed by atoms with Gasteiger partial charge in [-0.25, -0.2) is 0 Å². The van der Waals surface area contributed by atoms with Crippen molar-refractivity contribution in [1.82, 2.24) is 0 Å². The van der Waals surface area contributed by atoms with Gasteiger partial charge in [0.1, 0.15) is 5.75 Å². The maximum absolute atomic E-state index is 9.97. The molecule has 0 aliphatic heterocycles. The van der Waals surface area contributed by atoms with E-state index in [0.717, 1.165) is 10.0 Å². The van der Waals surface area contributed by atoms with Gasteiger partial charge in [-0.05, 0) is 24.6 Å². The Bertz CT molecular complexity index is 391. The largest absolute Gasteiger partial charge is 0.507 e. The molecule has 0 aliphatic carbocycles. The van der Waals surface area contributed by atoms with Crippen LogP contribution in [0.4, 0.5) is 0 Å². The van der Waals surface area contributed by atoms with Gasteiger partial charge in [-0.15, -0.1) is 0 Å². The minimum absolute atomic E-state index is 0.0286. The fourth-order valence-electron chi connectivity index (χ4n) is 1.52. The summed E-state index contributed by atoms with van der Waals surface area (Å²) in [5.41, 5.74) is 7.04. The van der Waals surface area contributed by atoms with Crippen molar-refractivity contribution in [3.8, 4) is 5.75 Å². The molecule has 0 aromatic heterocycles. The van der Waals surface area contributed by atoms with Crippen molar-refractivity contribution in [2.24, 2.45) is 11.1 Å². The standard InChI is InChI=1S/C12H18BrNO2/c1-7-4-8(13)5-9(10(7)16)11(14)12(2,3)6-15/h4-5,11,15-16H,6,14H2,1-3H3/t11-/m1/s1. The quantitative estimate of drug-likeness (QED) is 0.800. The van der Waals surface area contributed by atoms with Crippen molar-refractivity contribution in [2.75, 3.05) is 6.61 Å². The van der Waals surface area contributed by atoms with E-state index in [4.69, 9.17) is 5.73 Å². The van der Waals surface area contributed by atoms with Crippen LogP contribution in [0.5, 0.6) is 5.75 Å². The number of phenolic OH excluding ortho intramolecular Hbond substituents is 1. The summed E-state index contributed by atoms with van der Waals surface area (Å²) in [7, 11) is 0. The summed E-state index contributed by atoms with van der Waals surface area (Å²) in [5, 5.41) is 19.3. The first-order valence-electron chi connectivity index (χ1n) is 5.15. The zero-order valence-corrected chi connectivity index (χ0v) is 11.4. The van der Waals surface area contributed by atoms with Gasteiger partial charge in [0.05, 0.1) is 0 Å². The van der Waals surface area contributed by atoms with Crippen LogP contribution in [0.2, 0.25) is 0 Å². The number of hydrogen-bond acceptors (Lipinski definition) is 3. The molecule has 0 saturated carbocycles. The first kappa shape index (κ1) is 13.5. The molecule has 0 amide bonds. The zero-order valence-electron chi connectivity index (χ0n) is 9.79. The van der Waals surface area contributed by atoms with Crippen LogP contribution >= 0.6 is 15.9 Å². The van der Waals surface area contributed by atoms with Crippen molar-refractivity contribution in [2.45, 2.75) is 26.8 Å². The lowest BCUT2D eigenvalue weighted by Crippen LogP contribution is -2.32. The number of hydrogen-bond donors (Lipinski definition) is 3. The van der Waals surface area contributed by atoms with E-state index in [1.807, 2.05) is 26.8 Å². The maximum Gasteiger partial charge on any atom is 0.123 e. The van der Waals surface area contributed by atoms with Crippen LogP contribution in [-0.4, -0.2) is 16.8 Å². The number of halogens is 1. The van der Waals surface area contributed by atoms with E-state index in [1.54, 1.807) is 6.07 Å². The second-order valence-electron chi connectivity index (χ2n) is 4.78. The highest BCUT2D eigenvalue weighted by Gasteiger charge is 2.29. The monoisotopic (exact) mass is 287 g/mol. The van der Waals surface area contributed by atoms with Crippen LogP contribution in [-0.2, 0) is 0 Å². The Morgan fingerprint density at radius 1 is 1.44 bits per heavy atom. The summed E-state index contributed by atoms with van der Waals surface area (Å²) in [5.74, 6) is 0.206. The van der Waals surface area contributed by atoms with Crippen molar-refractivity contribution in [3.05, 3.63) is 27.7 Å². The molecule has 0 radical (unpaired) electrons. The van der Waals surface area contributed by atoms with Gasteiger partial charge >= 0.3 is 0 Å². The highest BCUT2D eigenvalue weighted by atomic mass is 79.9. The van der Waals surface area contributed by atoms with Gasteiger partial charge in [0.2, 0.25) is 0 Å². The van der Waals surface area contributed by atoms with Gasteiger partial charge in [0.15, 0.2) is 0 Å². The average Bonchev–Trinajstić information content (AvgIpc) is 2.22. The topological polar surface area (TPSA) is 66.5 Å². The molecule has 0 spiro atoms. The first-order chi connectivity index (χ1) is 7.29. The smallest absolute Gasteiger partial charge is 0.123 e. The Labute approximate surface area is 104 Å². The summed E-state index contributed by atoms with van der Waals surface area (Å²) in [6.45, 7) is 5.53. The minimum atomic E-state index is -0.468.